The summed E-state index contributed by atoms with van der Waals surface area (Å²) < 4.78 is 0. The minimum absolute atomic E-state index is 0. The third kappa shape index (κ3) is 5.02. The number of aliphatic hydroxyl groups is 1. The number of aryl methyl sites for hydroxylation is 6. The van der Waals surface area contributed by atoms with Crippen molar-refractivity contribution in [2.24, 2.45) is 0 Å². The van der Waals surface area contributed by atoms with Crippen LogP contribution in [0.2, 0.25) is 0 Å². The maximum Gasteiger partial charge on any atom is 2.00 e. The second kappa shape index (κ2) is 9.88. The summed E-state index contributed by atoms with van der Waals surface area (Å²) in [6.07, 6.45) is 13.3. The molecule has 0 saturated carbocycles. The van der Waals surface area contributed by atoms with Gasteiger partial charge in [0, 0.05) is 6.61 Å². The van der Waals surface area contributed by atoms with Crippen LogP contribution in [0.5, 0.6) is 0 Å². The first kappa shape index (κ1) is 19.9. The van der Waals surface area contributed by atoms with Crippen molar-refractivity contribution < 1.29 is 31.3 Å². The van der Waals surface area contributed by atoms with Crippen molar-refractivity contribution in [1.82, 2.24) is 0 Å². The fraction of sp³-hybridized carbons (Fsp3) is 0.545. The van der Waals surface area contributed by atoms with Crippen molar-refractivity contribution in [3.8, 4) is 0 Å². The van der Waals surface area contributed by atoms with Gasteiger partial charge in [0.2, 0.25) is 0 Å². The molecule has 24 heavy (non-hydrogen) atoms. The summed E-state index contributed by atoms with van der Waals surface area (Å²) in [5.74, 6) is 0. The number of hydrogen-bond acceptors (Lipinski definition) is 1. The van der Waals surface area contributed by atoms with Crippen molar-refractivity contribution >= 4 is 0 Å². The van der Waals surface area contributed by atoms with Gasteiger partial charge in [0.1, 0.15) is 0 Å². The minimum Gasteiger partial charge on any atom is -0.397 e. The Balaban J connectivity index is 0.000000487. The van der Waals surface area contributed by atoms with Crippen LogP contribution in [0.3, 0.4) is 0 Å². The van der Waals surface area contributed by atoms with E-state index in [1.807, 2.05) is 0 Å². The van der Waals surface area contributed by atoms with Crippen LogP contribution in [0.25, 0.3) is 0 Å². The number of rotatable bonds is 3. The Morgan fingerprint density at radius 1 is 0.792 bits per heavy atom. The van der Waals surface area contributed by atoms with Crippen molar-refractivity contribution in [3.05, 3.63) is 57.6 Å². The zero-order chi connectivity index (χ0) is 16.1. The summed E-state index contributed by atoms with van der Waals surface area (Å²) in [6.45, 7) is 1.93. The molecule has 2 aliphatic carbocycles. The molecule has 0 amide bonds. The molecule has 0 radical (unpaired) electrons. The summed E-state index contributed by atoms with van der Waals surface area (Å²) >= 11 is 0. The molecule has 4 rings (SSSR count). The first-order chi connectivity index (χ1) is 11.3. The SMILES string of the molecule is CCO.[Zr+2].c1c(CCc2cc3c([cH-]2)CCCC3)[cH-]c2c1CCCC2. The summed E-state index contributed by atoms with van der Waals surface area (Å²) in [5.41, 5.74) is 9.74. The molecule has 2 heteroatoms. The molecule has 128 valence electrons. The van der Waals surface area contributed by atoms with Crippen molar-refractivity contribution in [2.45, 2.75) is 71.1 Å². The molecule has 0 spiro atoms. The van der Waals surface area contributed by atoms with Crippen LogP contribution in [-0.4, -0.2) is 11.7 Å². The molecule has 0 unspecified atom stereocenters. The summed E-state index contributed by atoms with van der Waals surface area (Å²) in [4.78, 5) is 0. The molecule has 0 atom stereocenters. The average molecular weight is 402 g/mol. The number of aliphatic hydroxyl groups excluding tert-OH is 1. The summed E-state index contributed by atoms with van der Waals surface area (Å²) in [5, 5.41) is 7.57. The number of fused-ring (bicyclic) bond motifs is 2. The van der Waals surface area contributed by atoms with Crippen LogP contribution < -0.4 is 0 Å². The first-order valence-corrected chi connectivity index (χ1v) is 9.45. The fourth-order valence-electron chi connectivity index (χ4n) is 4.12. The van der Waals surface area contributed by atoms with E-state index < -0.39 is 0 Å². The van der Waals surface area contributed by atoms with E-state index in [4.69, 9.17) is 5.11 Å². The molecule has 2 aromatic carbocycles. The topological polar surface area (TPSA) is 20.2 Å². The Bertz CT molecular complexity index is 519. The third-order valence-corrected chi connectivity index (χ3v) is 5.25. The normalized spacial score (nSPS) is 15.6. The molecule has 0 saturated heterocycles. The van der Waals surface area contributed by atoms with Crippen LogP contribution in [0.4, 0.5) is 0 Å². The molecule has 2 aromatic rings. The van der Waals surface area contributed by atoms with E-state index in [0.717, 1.165) is 0 Å². The smallest absolute Gasteiger partial charge is 0.397 e. The molecular formula is C22H30OZr. The quantitative estimate of drug-likeness (QED) is 0.742. The molecule has 1 nitrogen and oxygen atoms in total. The standard InChI is InChI=1S/C20H24.C2H6O.Zr/c1-2-6-18-12-15(11-17(18)5-1)9-10-16-13-19-7-3-4-8-20(19)14-16;1-2-3;/h11-14H,1-10H2;3H,2H2,1H3;/q-2;;+2. The van der Waals surface area contributed by atoms with Gasteiger partial charge in [-0.1, -0.05) is 51.4 Å². The Kier molecular flexibility index (Phi) is 8.18. The van der Waals surface area contributed by atoms with Gasteiger partial charge in [-0.2, -0.15) is 45.5 Å². The second-order valence-electron chi connectivity index (χ2n) is 7.06. The largest absolute Gasteiger partial charge is 2.00 e. The third-order valence-electron chi connectivity index (χ3n) is 5.25. The van der Waals surface area contributed by atoms with Gasteiger partial charge < -0.3 is 5.11 Å². The molecule has 0 bridgehead atoms. The Morgan fingerprint density at radius 3 is 1.54 bits per heavy atom. The summed E-state index contributed by atoms with van der Waals surface area (Å²) in [7, 11) is 0. The van der Waals surface area contributed by atoms with Crippen LogP contribution in [0, 0.1) is 0 Å². The zero-order valence-corrected chi connectivity index (χ0v) is 17.5. The zero-order valence-electron chi connectivity index (χ0n) is 15.0. The van der Waals surface area contributed by atoms with Crippen molar-refractivity contribution in [1.29, 1.82) is 0 Å². The Hall–Kier alpha value is -0.457. The van der Waals surface area contributed by atoms with Gasteiger partial charge in [-0.15, -0.1) is 0 Å². The predicted molar refractivity (Wildman–Crippen MR) is 97.5 cm³/mol. The molecule has 2 aliphatic rings. The van der Waals surface area contributed by atoms with Crippen LogP contribution in [0.1, 0.15) is 66.0 Å². The molecule has 1 N–H and O–H groups in total. The monoisotopic (exact) mass is 400 g/mol. The van der Waals surface area contributed by atoms with Gasteiger partial charge in [0.15, 0.2) is 0 Å². The van der Waals surface area contributed by atoms with Gasteiger partial charge >= 0.3 is 26.2 Å². The average Bonchev–Trinajstić information content (AvgIpc) is 3.16. The predicted octanol–water partition coefficient (Wildman–Crippen LogP) is 4.66. The molecule has 0 fully saturated rings. The van der Waals surface area contributed by atoms with Gasteiger partial charge in [0.25, 0.3) is 0 Å². The first-order valence-electron chi connectivity index (χ1n) is 9.45. The maximum atomic E-state index is 7.57. The van der Waals surface area contributed by atoms with E-state index in [9.17, 15) is 0 Å². The van der Waals surface area contributed by atoms with E-state index in [2.05, 4.69) is 24.3 Å². The minimum atomic E-state index is 0. The maximum absolute atomic E-state index is 7.57. The second-order valence-corrected chi connectivity index (χ2v) is 7.06. The van der Waals surface area contributed by atoms with E-state index in [1.165, 1.54) is 64.2 Å². The molecule has 0 aliphatic heterocycles. The Labute approximate surface area is 166 Å². The van der Waals surface area contributed by atoms with Crippen molar-refractivity contribution in [3.63, 3.8) is 0 Å². The number of hydrogen-bond donors (Lipinski definition) is 1. The molecular weight excluding hydrogens is 371 g/mol. The van der Waals surface area contributed by atoms with E-state index >= 15 is 0 Å². The van der Waals surface area contributed by atoms with Gasteiger partial charge in [0.05, 0.1) is 0 Å². The van der Waals surface area contributed by atoms with Gasteiger partial charge in [-0.25, -0.2) is 12.1 Å². The van der Waals surface area contributed by atoms with E-state index in [1.54, 1.807) is 40.3 Å². The summed E-state index contributed by atoms with van der Waals surface area (Å²) in [6, 6.07) is 9.93. The van der Waals surface area contributed by atoms with Crippen molar-refractivity contribution in [2.75, 3.05) is 6.61 Å². The molecule has 0 heterocycles. The van der Waals surface area contributed by atoms with Gasteiger partial charge in [-0.3, -0.25) is 0 Å². The van der Waals surface area contributed by atoms with Crippen LogP contribution in [-0.2, 0) is 64.7 Å². The van der Waals surface area contributed by atoms with Crippen LogP contribution >= 0.6 is 0 Å². The Morgan fingerprint density at radius 2 is 1.17 bits per heavy atom. The van der Waals surface area contributed by atoms with Gasteiger partial charge in [-0.05, 0) is 19.8 Å². The van der Waals surface area contributed by atoms with E-state index in [0.29, 0.717) is 0 Å². The molecule has 0 aromatic heterocycles. The fourth-order valence-corrected chi connectivity index (χ4v) is 4.12. The van der Waals surface area contributed by atoms with E-state index in [-0.39, 0.29) is 32.8 Å². The van der Waals surface area contributed by atoms with Crippen LogP contribution in [0.15, 0.2) is 24.3 Å².